The molecule has 3 aromatic carbocycles. The predicted octanol–water partition coefficient (Wildman–Crippen LogP) is 15.2. The molecular formula is C65H45Cl7F3I2N27O2. The van der Waals surface area contributed by atoms with Crippen LogP contribution >= 0.6 is 126 Å². The number of benzene rings is 3. The van der Waals surface area contributed by atoms with Crippen LogP contribution in [-0.2, 0) is 17.9 Å². The van der Waals surface area contributed by atoms with E-state index in [9.17, 15) is 22.8 Å². The summed E-state index contributed by atoms with van der Waals surface area (Å²) >= 11 is 43.4. The van der Waals surface area contributed by atoms with Gasteiger partial charge in [-0.05, 0) is 194 Å². The first kappa shape index (κ1) is 79.7. The number of halogens is 12. The molecule has 0 saturated carbocycles. The molecule has 0 fully saturated rings. The number of H-pyrrole nitrogens is 3. The third-order valence-corrected chi connectivity index (χ3v) is 16.5. The smallest absolute Gasteiger partial charge is 0.244 e. The second kappa shape index (κ2) is 38.1. The maximum atomic E-state index is 13.1. The molecule has 1 amide bonds. The van der Waals surface area contributed by atoms with Gasteiger partial charge in [0.2, 0.25) is 48.8 Å². The van der Waals surface area contributed by atoms with E-state index >= 15 is 0 Å². The number of anilines is 2. The van der Waals surface area contributed by atoms with Crippen molar-refractivity contribution in [1.82, 2.24) is 110 Å². The molecule has 0 bridgehead atoms. The largest absolute Gasteiger partial charge is 0.396 e. The second-order valence-corrected chi connectivity index (χ2v) is 25.4. The van der Waals surface area contributed by atoms with Crippen molar-refractivity contribution >= 4 is 221 Å². The Labute approximate surface area is 658 Å². The summed E-state index contributed by atoms with van der Waals surface area (Å²) in [5.41, 5.74) is 19.4. The number of nitrogen functional groups attached to an aromatic ring is 1. The highest BCUT2D eigenvalue weighted by Crippen LogP contribution is 2.24. The molecule has 13 heterocycles. The van der Waals surface area contributed by atoms with Crippen molar-refractivity contribution in [2.24, 2.45) is 9.98 Å². The monoisotopic (exact) mass is 1790 g/mol. The molecule has 106 heavy (non-hydrogen) atoms. The van der Waals surface area contributed by atoms with Gasteiger partial charge in [0, 0.05) is 48.8 Å². The van der Waals surface area contributed by atoms with Crippen LogP contribution in [0.3, 0.4) is 0 Å². The van der Waals surface area contributed by atoms with Crippen molar-refractivity contribution in [2.45, 2.75) is 40.8 Å². The number of nitrogens with zero attached hydrogens (tertiary/aromatic N) is 22. The van der Waals surface area contributed by atoms with Gasteiger partial charge in [0.15, 0.2) is 0 Å². The van der Waals surface area contributed by atoms with Gasteiger partial charge in [-0.1, -0.05) is 36.4 Å². The summed E-state index contributed by atoms with van der Waals surface area (Å²) in [4.78, 5) is 84.6. The minimum atomic E-state index is -0.530. The number of rotatable bonds is 5. The topological polar surface area (TPSA) is 405 Å². The zero-order valence-corrected chi connectivity index (χ0v) is 64.1. The molecule has 0 atom stereocenters. The molecule has 0 unspecified atom stereocenters. The molecule has 14 aromatic rings. The number of hydrogen-bond donors (Lipinski definition) is 5. The zero-order valence-electron chi connectivity index (χ0n) is 54.5. The number of fused-ring (bicyclic) bond motifs is 6. The van der Waals surface area contributed by atoms with Gasteiger partial charge in [0.1, 0.15) is 75.4 Å². The molecule has 0 saturated heterocycles. The van der Waals surface area contributed by atoms with Crippen molar-refractivity contribution in [3.63, 3.8) is 0 Å². The van der Waals surface area contributed by atoms with Crippen LogP contribution in [0.2, 0.25) is 37.0 Å². The normalized spacial score (nSPS) is 11.5. The number of amides is 1. The highest BCUT2D eigenvalue weighted by Gasteiger charge is 2.18. The molecule has 2 aliphatic rings. The van der Waals surface area contributed by atoms with Crippen LogP contribution in [0.5, 0.6) is 0 Å². The van der Waals surface area contributed by atoms with Gasteiger partial charge in [0.25, 0.3) is 0 Å². The third-order valence-electron chi connectivity index (χ3n) is 13.5. The summed E-state index contributed by atoms with van der Waals surface area (Å²) in [6.07, 6.45) is 21.4. The number of aryl methyl sites for hydroxylation is 2. The fourth-order valence-electron chi connectivity index (χ4n) is 8.49. The lowest BCUT2D eigenvalue weighted by molar-refractivity contribution is -0.114. The van der Waals surface area contributed by atoms with E-state index < -0.39 is 5.82 Å². The summed E-state index contributed by atoms with van der Waals surface area (Å²) in [6, 6.07) is 17.0. The Morgan fingerprint density at radius 2 is 1.12 bits per heavy atom. The van der Waals surface area contributed by atoms with Crippen molar-refractivity contribution in [1.29, 1.82) is 5.26 Å². The summed E-state index contributed by atoms with van der Waals surface area (Å²) in [5.74, 6) is -1.37. The van der Waals surface area contributed by atoms with Gasteiger partial charge in [-0.15, -0.1) is 0 Å². The minimum absolute atomic E-state index is 0.0480. The molecule has 0 radical (unpaired) electrons. The molecule has 41 heteroatoms. The Balaban J connectivity index is 0.000000142. The van der Waals surface area contributed by atoms with Gasteiger partial charge in [-0.25, -0.2) is 82.9 Å². The Bertz CT molecular complexity index is 5690. The number of nitrogens with two attached hydrogens (primary N) is 1. The van der Waals surface area contributed by atoms with E-state index in [0.717, 1.165) is 68.9 Å². The fourth-order valence-corrected chi connectivity index (χ4v) is 10.7. The molecule has 6 N–H and O–H groups in total. The van der Waals surface area contributed by atoms with Gasteiger partial charge >= 0.3 is 0 Å². The summed E-state index contributed by atoms with van der Waals surface area (Å²) in [6.45, 7) is 7.62. The average molecular weight is 1800 g/mol. The zero-order chi connectivity index (χ0) is 76.1. The second-order valence-electron chi connectivity index (χ2n) is 20.9. The number of aromatic nitrogens is 22. The minimum Gasteiger partial charge on any atom is -0.396 e. The Morgan fingerprint density at radius 3 is 1.75 bits per heavy atom. The summed E-state index contributed by atoms with van der Waals surface area (Å²) < 4.78 is 41.6. The van der Waals surface area contributed by atoms with Crippen LogP contribution in [0.4, 0.5) is 24.5 Å². The first-order chi connectivity index (χ1) is 50.8. The third kappa shape index (κ3) is 22.8. The number of carbonyl (C=O) groups excluding carboxylic acids is 2. The quantitative estimate of drug-likeness (QED) is 0.0789. The highest BCUT2D eigenvalue weighted by atomic mass is 127. The lowest BCUT2D eigenvalue weighted by Crippen LogP contribution is -2.08. The lowest BCUT2D eigenvalue weighted by Gasteiger charge is -2.03. The molecule has 536 valence electrons. The molecule has 29 nitrogen and oxygen atoms in total. The molecule has 0 aliphatic carbocycles. The fraction of sp³-hybridized carbons (Fsp3) is 0.0923. The molecular weight excluding hydrogens is 1750 g/mol. The van der Waals surface area contributed by atoms with E-state index in [2.05, 4.69) is 143 Å². The van der Waals surface area contributed by atoms with Crippen molar-refractivity contribution in [2.75, 3.05) is 11.1 Å². The number of allylic oxidation sites excluding steroid dienone is 1. The van der Waals surface area contributed by atoms with Crippen LogP contribution in [0.15, 0.2) is 132 Å². The number of aromatic amines is 3. The van der Waals surface area contributed by atoms with E-state index in [-0.39, 0.29) is 66.0 Å². The SMILES string of the molecule is CC(=O)Nc1cnc(Cl)nc1C.CC(=O)n1ncc2nc(Cl)ncc21.Cc1nc(Cl)ncc1N.Clc1ncc2[nH]ncc2n1.Clc1ncc2c(n1)C(I)=NC2.Fc1ccc(/C=C/C2=NCc3cnc(Cl)nc32)cc1.Fc1ccc(/C=C/c2n[nH]c3cnc(Cl)nc23)cc1.N#Cc1cc2c(I)[nH]nc2cc1F. The van der Waals surface area contributed by atoms with Gasteiger partial charge in [0.05, 0.1) is 102 Å². The van der Waals surface area contributed by atoms with Crippen LogP contribution in [0.1, 0.15) is 74.9 Å². The van der Waals surface area contributed by atoms with Crippen LogP contribution in [-0.4, -0.2) is 131 Å². The number of carbonyl (C=O) groups is 2. The van der Waals surface area contributed by atoms with Crippen molar-refractivity contribution in [3.8, 4) is 6.07 Å². The first-order valence-corrected chi connectivity index (χ1v) is 34.5. The van der Waals surface area contributed by atoms with E-state index in [0.29, 0.717) is 63.4 Å². The van der Waals surface area contributed by atoms with E-state index in [1.54, 1.807) is 81.2 Å². The molecule has 16 rings (SSSR count). The van der Waals surface area contributed by atoms with Gasteiger partial charge in [-0.2, -0.15) is 30.3 Å². The van der Waals surface area contributed by atoms with E-state index in [1.807, 2.05) is 40.8 Å². The lowest BCUT2D eigenvalue weighted by atomic mass is 10.1. The highest BCUT2D eigenvalue weighted by molar-refractivity contribution is 14.1. The molecule has 2 aliphatic heterocycles. The maximum absolute atomic E-state index is 13.1. The Hall–Kier alpha value is -10.4. The summed E-state index contributed by atoms with van der Waals surface area (Å²) in [5, 5.41) is 37.3. The van der Waals surface area contributed by atoms with Crippen molar-refractivity contribution < 1.29 is 22.8 Å². The number of aliphatic imine (C=N–C) groups is 2. The van der Waals surface area contributed by atoms with Gasteiger partial charge < -0.3 is 11.1 Å². The Kier molecular flexibility index (Phi) is 28.6. The van der Waals surface area contributed by atoms with Crippen molar-refractivity contribution in [3.05, 3.63) is 237 Å². The standard InChI is InChI=1S/C14H9ClFN3.C13H8ClFN4.C8H3FIN3.C7H5ClN4O.C7H8ClN3O.C6H3ClIN3.C5H3ClN4.C5H6ClN3/c15-14-18-8-10-7-17-12(13(10)19-14)6-3-9-1-4-11(16)5-2-9;14-13-16-7-11-12(17-13)10(18-19-11)6-3-8-1-4-9(15)5-2-8;9-6-2-7-5(1-4(6)3-11)8(10)13-12-7;1-4(13)12-6-3-9-7(8)11-5(6)2-10-12;1-4-6(11-5(2)12)3-9-7(8)10-4;7-6-10-2-3-1-9-5(8)4(3)11-6;6-5-7-1-4-3(9-5)2-8-10-4;1-3-4(7)2-8-5(6)9-3/h1-6,8H,7H2;1-7H,(H,18,19);1-2H,(H,12,13);2-3H,1H3;3H,1-2H3,(H,11,12);2H,1H2;1-2H,(H,8,10);2H,7H2,1H3/b2*6-3+;;;;;;. The van der Waals surface area contributed by atoms with Crippen LogP contribution in [0, 0.1) is 46.3 Å². The van der Waals surface area contributed by atoms with Crippen LogP contribution < -0.4 is 11.1 Å². The average Bonchev–Trinajstić information content (AvgIpc) is 1.72. The maximum Gasteiger partial charge on any atom is 0.244 e. The summed E-state index contributed by atoms with van der Waals surface area (Å²) in [7, 11) is 0. The molecule has 11 aromatic heterocycles. The first-order valence-electron chi connectivity index (χ1n) is 29.7. The van der Waals surface area contributed by atoms with E-state index in [4.69, 9.17) is 92.2 Å². The number of nitriles is 1. The number of nitrogens with one attached hydrogen (secondary N) is 4. The molecule has 0 spiro atoms. The predicted molar refractivity (Wildman–Crippen MR) is 415 cm³/mol. The van der Waals surface area contributed by atoms with Crippen LogP contribution in [0.25, 0.3) is 62.2 Å². The number of hydrogen-bond acceptors (Lipinski definition) is 24. The van der Waals surface area contributed by atoms with E-state index in [1.165, 1.54) is 79.7 Å². The van der Waals surface area contributed by atoms with Gasteiger partial charge in [-0.3, -0.25) is 34.9 Å². The Morgan fingerprint density at radius 1 is 0.575 bits per heavy atom.